The number of nitrogens with zero attached hydrogens (tertiary/aromatic N) is 1. The van der Waals surface area contributed by atoms with Crippen LogP contribution in [0.5, 0.6) is 11.5 Å². The second kappa shape index (κ2) is 7.37. The number of hydrogen-bond donors (Lipinski definition) is 0. The van der Waals surface area contributed by atoms with E-state index in [9.17, 15) is 21.6 Å². The van der Waals surface area contributed by atoms with Gasteiger partial charge in [0.25, 0.3) is 0 Å². The predicted octanol–water partition coefficient (Wildman–Crippen LogP) is 4.27. The average molecular weight is 448 g/mol. The van der Waals surface area contributed by atoms with E-state index >= 15 is 0 Å². The molecule has 2 aromatic rings. The van der Waals surface area contributed by atoms with Crippen molar-refractivity contribution in [3.8, 4) is 11.5 Å². The molecule has 0 amide bonds. The summed E-state index contributed by atoms with van der Waals surface area (Å²) in [6, 6.07) is 5.89. The molecule has 0 unspecified atom stereocenters. The minimum Gasteiger partial charge on any atom is -0.490 e. The van der Waals surface area contributed by atoms with E-state index in [-0.39, 0.29) is 18.1 Å². The van der Waals surface area contributed by atoms with E-state index in [4.69, 9.17) is 21.1 Å². The number of rotatable bonds is 2. The zero-order valence-electron chi connectivity index (χ0n) is 15.1. The lowest BCUT2D eigenvalue weighted by Crippen LogP contribution is -2.36. The third kappa shape index (κ3) is 3.91. The van der Waals surface area contributed by atoms with Crippen molar-refractivity contribution in [1.29, 1.82) is 0 Å². The van der Waals surface area contributed by atoms with Crippen molar-refractivity contribution in [2.75, 3.05) is 19.8 Å². The Bertz CT molecular complexity index is 1060. The molecule has 29 heavy (non-hydrogen) atoms. The van der Waals surface area contributed by atoms with E-state index in [2.05, 4.69) is 0 Å². The maximum atomic E-state index is 13.1. The second-order valence-electron chi connectivity index (χ2n) is 6.85. The Morgan fingerprint density at radius 2 is 1.66 bits per heavy atom. The van der Waals surface area contributed by atoms with Gasteiger partial charge in [-0.15, -0.1) is 0 Å². The van der Waals surface area contributed by atoms with Gasteiger partial charge in [-0.2, -0.15) is 17.5 Å². The van der Waals surface area contributed by atoms with Crippen molar-refractivity contribution < 1.29 is 31.1 Å². The summed E-state index contributed by atoms with van der Waals surface area (Å²) < 4.78 is 77.7. The van der Waals surface area contributed by atoms with Crippen LogP contribution in [-0.2, 0) is 29.2 Å². The zero-order chi connectivity index (χ0) is 20.8. The Labute approximate surface area is 171 Å². The first kappa shape index (κ1) is 20.3. The van der Waals surface area contributed by atoms with Crippen LogP contribution in [0.1, 0.15) is 23.1 Å². The quantitative estimate of drug-likeness (QED) is 0.690. The maximum Gasteiger partial charge on any atom is 0.416 e. The lowest BCUT2D eigenvalue weighted by atomic mass is 10.0. The SMILES string of the molecule is O=S(=O)(c1cc(C(F)(F)F)ccc1Cl)N1CCc2cc3c(cc2C1)OCCCO3. The summed E-state index contributed by atoms with van der Waals surface area (Å²) in [6.45, 7) is 1.18. The summed E-state index contributed by atoms with van der Waals surface area (Å²) in [5.74, 6) is 1.16. The van der Waals surface area contributed by atoms with Crippen LogP contribution in [0.4, 0.5) is 13.2 Å². The molecular formula is C19H17ClF3NO4S. The van der Waals surface area contributed by atoms with Gasteiger partial charge in [0.15, 0.2) is 11.5 Å². The Hall–Kier alpha value is -1.97. The van der Waals surface area contributed by atoms with Crippen LogP contribution in [0.3, 0.4) is 0 Å². The van der Waals surface area contributed by atoms with Crippen LogP contribution >= 0.6 is 11.6 Å². The van der Waals surface area contributed by atoms with Crippen LogP contribution < -0.4 is 9.47 Å². The summed E-state index contributed by atoms with van der Waals surface area (Å²) in [5, 5.41) is -0.248. The van der Waals surface area contributed by atoms with E-state index in [1.807, 2.05) is 6.07 Å². The van der Waals surface area contributed by atoms with Gasteiger partial charge in [-0.3, -0.25) is 0 Å². The van der Waals surface area contributed by atoms with E-state index in [0.717, 1.165) is 34.0 Å². The summed E-state index contributed by atoms with van der Waals surface area (Å²) in [7, 11) is -4.22. The van der Waals surface area contributed by atoms with E-state index in [1.54, 1.807) is 6.07 Å². The first-order valence-electron chi connectivity index (χ1n) is 8.94. The average Bonchev–Trinajstić information content (AvgIpc) is 2.89. The monoisotopic (exact) mass is 447 g/mol. The summed E-state index contributed by atoms with van der Waals surface area (Å²) >= 11 is 5.95. The third-order valence-electron chi connectivity index (χ3n) is 4.92. The molecule has 0 atom stereocenters. The van der Waals surface area contributed by atoms with Crippen LogP contribution in [0.2, 0.25) is 5.02 Å². The molecule has 4 rings (SSSR count). The molecule has 0 aliphatic carbocycles. The molecule has 2 heterocycles. The number of sulfonamides is 1. The van der Waals surface area contributed by atoms with Gasteiger partial charge in [-0.25, -0.2) is 8.42 Å². The molecule has 0 fully saturated rings. The fourth-order valence-corrected chi connectivity index (χ4v) is 5.33. The molecule has 0 aromatic heterocycles. The van der Waals surface area contributed by atoms with E-state index in [0.29, 0.717) is 37.2 Å². The smallest absolute Gasteiger partial charge is 0.416 e. The minimum absolute atomic E-state index is 0.0148. The number of alkyl halides is 3. The van der Waals surface area contributed by atoms with Crippen LogP contribution in [0, 0.1) is 0 Å². The summed E-state index contributed by atoms with van der Waals surface area (Å²) in [4.78, 5) is -0.549. The standard InChI is InChI=1S/C19H17ClF3NO4S/c20-15-3-2-14(19(21,22)23)10-18(15)29(25,26)24-5-4-12-8-16-17(9-13(12)11-24)28-7-1-6-27-16/h2-3,8-10H,1,4-7,11H2. The highest BCUT2D eigenvalue weighted by molar-refractivity contribution is 7.89. The van der Waals surface area contributed by atoms with Crippen LogP contribution in [-0.4, -0.2) is 32.5 Å². The van der Waals surface area contributed by atoms with Crippen molar-refractivity contribution in [1.82, 2.24) is 4.31 Å². The number of fused-ring (bicyclic) bond motifs is 2. The highest BCUT2D eigenvalue weighted by Gasteiger charge is 2.35. The number of ether oxygens (including phenoxy) is 2. The molecule has 5 nitrogen and oxygen atoms in total. The second-order valence-corrected chi connectivity index (χ2v) is 9.16. The van der Waals surface area contributed by atoms with Crippen molar-refractivity contribution in [3.05, 3.63) is 52.0 Å². The minimum atomic E-state index is -4.67. The molecule has 0 bridgehead atoms. The summed E-state index contributed by atoms with van der Waals surface area (Å²) in [5.41, 5.74) is 0.594. The van der Waals surface area contributed by atoms with Gasteiger partial charge in [0.1, 0.15) is 4.90 Å². The van der Waals surface area contributed by atoms with Gasteiger partial charge >= 0.3 is 6.18 Å². The molecule has 0 spiro atoms. The zero-order valence-corrected chi connectivity index (χ0v) is 16.7. The topological polar surface area (TPSA) is 55.8 Å². The molecule has 156 valence electrons. The Balaban J connectivity index is 1.68. The first-order chi connectivity index (χ1) is 13.7. The largest absolute Gasteiger partial charge is 0.490 e. The predicted molar refractivity (Wildman–Crippen MR) is 99.8 cm³/mol. The Kier molecular flexibility index (Phi) is 5.16. The molecule has 0 saturated heterocycles. The summed E-state index contributed by atoms with van der Waals surface area (Å²) in [6.07, 6.45) is -3.52. The Morgan fingerprint density at radius 1 is 1.00 bits per heavy atom. The molecule has 2 aliphatic rings. The van der Waals surface area contributed by atoms with E-state index < -0.39 is 26.7 Å². The van der Waals surface area contributed by atoms with Crippen molar-refractivity contribution in [3.63, 3.8) is 0 Å². The molecule has 10 heteroatoms. The highest BCUT2D eigenvalue weighted by atomic mass is 35.5. The number of halogens is 4. The van der Waals surface area contributed by atoms with Crippen molar-refractivity contribution in [2.45, 2.75) is 30.5 Å². The van der Waals surface area contributed by atoms with Gasteiger partial charge in [-0.1, -0.05) is 11.6 Å². The van der Waals surface area contributed by atoms with Gasteiger partial charge < -0.3 is 9.47 Å². The van der Waals surface area contributed by atoms with Gasteiger partial charge in [0.2, 0.25) is 10.0 Å². The molecule has 2 aliphatic heterocycles. The highest BCUT2D eigenvalue weighted by Crippen LogP contribution is 2.38. The fourth-order valence-electron chi connectivity index (χ4n) is 3.41. The van der Waals surface area contributed by atoms with Crippen LogP contribution in [0.15, 0.2) is 35.2 Å². The molecule has 0 N–H and O–H groups in total. The van der Waals surface area contributed by atoms with Crippen LogP contribution in [0.25, 0.3) is 0 Å². The number of hydrogen-bond acceptors (Lipinski definition) is 4. The number of benzene rings is 2. The third-order valence-corrected chi connectivity index (χ3v) is 7.25. The first-order valence-corrected chi connectivity index (χ1v) is 10.8. The normalized spacial score (nSPS) is 17.5. The molecular weight excluding hydrogens is 431 g/mol. The van der Waals surface area contributed by atoms with Crippen molar-refractivity contribution in [2.24, 2.45) is 0 Å². The van der Waals surface area contributed by atoms with Crippen molar-refractivity contribution >= 4 is 21.6 Å². The lowest BCUT2D eigenvalue weighted by Gasteiger charge is -2.29. The lowest BCUT2D eigenvalue weighted by molar-refractivity contribution is -0.137. The molecule has 2 aromatic carbocycles. The maximum absolute atomic E-state index is 13.1. The van der Waals surface area contributed by atoms with Gasteiger partial charge in [0, 0.05) is 19.5 Å². The fraction of sp³-hybridized carbons (Fsp3) is 0.368. The molecule has 0 saturated carbocycles. The van der Waals surface area contributed by atoms with Gasteiger partial charge in [0.05, 0.1) is 23.8 Å². The van der Waals surface area contributed by atoms with E-state index in [1.165, 1.54) is 0 Å². The molecule has 0 radical (unpaired) electrons. The Morgan fingerprint density at radius 3 is 2.31 bits per heavy atom. The van der Waals surface area contributed by atoms with Gasteiger partial charge in [-0.05, 0) is 47.9 Å².